The van der Waals surface area contributed by atoms with E-state index in [1.54, 1.807) is 12.2 Å². The molecule has 0 spiro atoms. The van der Waals surface area contributed by atoms with Crippen LogP contribution in [0.25, 0.3) is 6.08 Å². The first kappa shape index (κ1) is 8.75. The van der Waals surface area contributed by atoms with Crippen LogP contribution in [-0.4, -0.2) is 0 Å². The third-order valence-corrected chi connectivity index (χ3v) is 1.83. The summed E-state index contributed by atoms with van der Waals surface area (Å²) in [4.78, 5) is 0. The highest BCUT2D eigenvalue weighted by atomic mass is 14.6. The summed E-state index contributed by atoms with van der Waals surface area (Å²) in [6, 6.07) is 7.82. The van der Waals surface area contributed by atoms with Crippen molar-refractivity contribution < 1.29 is 0 Å². The zero-order valence-corrected chi connectivity index (χ0v) is 7.03. The molecule has 1 nitrogen and oxygen atoms in total. The van der Waals surface area contributed by atoms with E-state index in [9.17, 15) is 0 Å². The van der Waals surface area contributed by atoms with Crippen molar-refractivity contribution in [2.75, 3.05) is 0 Å². The third kappa shape index (κ3) is 1.63. The summed E-state index contributed by atoms with van der Waals surface area (Å²) in [6.45, 7) is 7.37. The first-order valence-corrected chi connectivity index (χ1v) is 3.89. The SMILES string of the molecule is C=Cc1ccccc1C(N)C=C. The van der Waals surface area contributed by atoms with Crippen LogP contribution in [0, 0.1) is 0 Å². The van der Waals surface area contributed by atoms with Crippen LogP contribution in [0.15, 0.2) is 43.5 Å². The molecule has 0 amide bonds. The first-order chi connectivity index (χ1) is 5.79. The molecular formula is C11H13N. The van der Waals surface area contributed by atoms with Crippen molar-refractivity contribution in [3.63, 3.8) is 0 Å². The van der Waals surface area contributed by atoms with E-state index < -0.39 is 0 Å². The number of hydrogen-bond acceptors (Lipinski definition) is 1. The van der Waals surface area contributed by atoms with Crippen LogP contribution in [0.1, 0.15) is 17.2 Å². The predicted molar refractivity (Wildman–Crippen MR) is 53.7 cm³/mol. The Morgan fingerprint density at radius 3 is 2.50 bits per heavy atom. The number of rotatable bonds is 3. The van der Waals surface area contributed by atoms with E-state index in [4.69, 9.17) is 5.73 Å². The topological polar surface area (TPSA) is 26.0 Å². The molecule has 2 N–H and O–H groups in total. The van der Waals surface area contributed by atoms with Gasteiger partial charge >= 0.3 is 0 Å². The summed E-state index contributed by atoms with van der Waals surface area (Å²) in [5.74, 6) is 0. The van der Waals surface area contributed by atoms with Crippen LogP contribution in [0.3, 0.4) is 0 Å². The minimum absolute atomic E-state index is 0.0980. The van der Waals surface area contributed by atoms with Crippen LogP contribution in [0.2, 0.25) is 0 Å². The quantitative estimate of drug-likeness (QED) is 0.674. The van der Waals surface area contributed by atoms with Crippen molar-refractivity contribution in [2.24, 2.45) is 5.73 Å². The number of hydrogen-bond donors (Lipinski definition) is 1. The molecule has 0 bridgehead atoms. The fraction of sp³-hybridized carbons (Fsp3) is 0.0909. The van der Waals surface area contributed by atoms with Crippen molar-refractivity contribution in [3.05, 3.63) is 54.6 Å². The Kier molecular flexibility index (Phi) is 2.83. The van der Waals surface area contributed by atoms with Crippen LogP contribution in [-0.2, 0) is 0 Å². The molecule has 1 atom stereocenters. The Bertz CT molecular complexity index is 289. The van der Waals surface area contributed by atoms with E-state index >= 15 is 0 Å². The molecule has 1 heteroatoms. The molecule has 0 saturated heterocycles. The molecule has 12 heavy (non-hydrogen) atoms. The molecule has 0 saturated carbocycles. The van der Waals surface area contributed by atoms with E-state index in [0.717, 1.165) is 11.1 Å². The lowest BCUT2D eigenvalue weighted by Gasteiger charge is -2.09. The van der Waals surface area contributed by atoms with E-state index in [2.05, 4.69) is 13.2 Å². The largest absolute Gasteiger partial charge is 0.321 e. The van der Waals surface area contributed by atoms with Gasteiger partial charge < -0.3 is 5.73 Å². The van der Waals surface area contributed by atoms with Gasteiger partial charge in [0.25, 0.3) is 0 Å². The van der Waals surface area contributed by atoms with Gasteiger partial charge in [-0.3, -0.25) is 0 Å². The molecule has 1 unspecified atom stereocenters. The van der Waals surface area contributed by atoms with Crippen LogP contribution in [0.4, 0.5) is 0 Å². The highest BCUT2D eigenvalue weighted by Crippen LogP contribution is 2.17. The number of nitrogens with two attached hydrogens (primary N) is 1. The van der Waals surface area contributed by atoms with E-state index in [-0.39, 0.29) is 6.04 Å². The minimum Gasteiger partial charge on any atom is -0.321 e. The fourth-order valence-electron chi connectivity index (χ4n) is 1.13. The summed E-state index contributed by atoms with van der Waals surface area (Å²) < 4.78 is 0. The summed E-state index contributed by atoms with van der Waals surface area (Å²) >= 11 is 0. The maximum absolute atomic E-state index is 5.80. The standard InChI is InChI=1S/C11H13N/c1-3-9-7-5-6-8-10(9)11(12)4-2/h3-8,11H,1-2,12H2. The molecule has 0 fully saturated rings. The maximum atomic E-state index is 5.80. The molecule has 0 aliphatic carbocycles. The van der Waals surface area contributed by atoms with Crippen molar-refractivity contribution in [1.82, 2.24) is 0 Å². The Morgan fingerprint density at radius 1 is 1.25 bits per heavy atom. The Balaban J connectivity index is 3.12. The highest BCUT2D eigenvalue weighted by molar-refractivity contribution is 5.53. The average molecular weight is 159 g/mol. The molecule has 0 heterocycles. The average Bonchev–Trinajstić information content (AvgIpc) is 2.16. The molecular weight excluding hydrogens is 146 g/mol. The Labute approximate surface area is 73.2 Å². The monoisotopic (exact) mass is 159 g/mol. The lowest BCUT2D eigenvalue weighted by atomic mass is 10.0. The van der Waals surface area contributed by atoms with Gasteiger partial charge in [0.15, 0.2) is 0 Å². The molecule has 0 aliphatic rings. The smallest absolute Gasteiger partial charge is 0.0484 e. The van der Waals surface area contributed by atoms with Gasteiger partial charge in [0.05, 0.1) is 0 Å². The zero-order valence-electron chi connectivity index (χ0n) is 7.03. The molecule has 1 aromatic carbocycles. The van der Waals surface area contributed by atoms with E-state index in [0.29, 0.717) is 0 Å². The third-order valence-electron chi connectivity index (χ3n) is 1.83. The van der Waals surface area contributed by atoms with Gasteiger partial charge in [0.1, 0.15) is 0 Å². The van der Waals surface area contributed by atoms with Gasteiger partial charge in [-0.05, 0) is 11.1 Å². The highest BCUT2D eigenvalue weighted by Gasteiger charge is 2.03. The van der Waals surface area contributed by atoms with Gasteiger partial charge in [0, 0.05) is 6.04 Å². The first-order valence-electron chi connectivity index (χ1n) is 3.89. The van der Waals surface area contributed by atoms with Gasteiger partial charge in [-0.1, -0.05) is 43.0 Å². The molecule has 0 aliphatic heterocycles. The normalized spacial score (nSPS) is 12.1. The minimum atomic E-state index is -0.0980. The lowest BCUT2D eigenvalue weighted by Crippen LogP contribution is -2.07. The van der Waals surface area contributed by atoms with Crippen LogP contribution >= 0.6 is 0 Å². The Morgan fingerprint density at radius 2 is 1.92 bits per heavy atom. The van der Waals surface area contributed by atoms with Gasteiger partial charge in [-0.2, -0.15) is 0 Å². The van der Waals surface area contributed by atoms with Crippen molar-refractivity contribution in [1.29, 1.82) is 0 Å². The van der Waals surface area contributed by atoms with Crippen molar-refractivity contribution in [3.8, 4) is 0 Å². The zero-order chi connectivity index (χ0) is 8.97. The Hall–Kier alpha value is -1.34. The molecule has 0 aromatic heterocycles. The maximum Gasteiger partial charge on any atom is 0.0484 e. The molecule has 1 rings (SSSR count). The summed E-state index contributed by atoms with van der Waals surface area (Å²) in [5.41, 5.74) is 7.95. The van der Waals surface area contributed by atoms with E-state index in [1.807, 2.05) is 24.3 Å². The van der Waals surface area contributed by atoms with Crippen LogP contribution in [0.5, 0.6) is 0 Å². The van der Waals surface area contributed by atoms with Gasteiger partial charge in [-0.15, -0.1) is 6.58 Å². The van der Waals surface area contributed by atoms with Gasteiger partial charge in [0.2, 0.25) is 0 Å². The molecule has 62 valence electrons. The summed E-state index contributed by atoms with van der Waals surface area (Å²) in [7, 11) is 0. The summed E-state index contributed by atoms with van der Waals surface area (Å²) in [6.07, 6.45) is 3.53. The van der Waals surface area contributed by atoms with Crippen LogP contribution < -0.4 is 5.73 Å². The molecule has 1 aromatic rings. The second-order valence-corrected chi connectivity index (χ2v) is 2.59. The lowest BCUT2D eigenvalue weighted by molar-refractivity contribution is 0.911. The second kappa shape index (κ2) is 3.88. The number of benzene rings is 1. The van der Waals surface area contributed by atoms with Crippen molar-refractivity contribution in [2.45, 2.75) is 6.04 Å². The van der Waals surface area contributed by atoms with Gasteiger partial charge in [-0.25, -0.2) is 0 Å². The summed E-state index contributed by atoms with van der Waals surface area (Å²) in [5, 5.41) is 0. The predicted octanol–water partition coefficient (Wildman–Crippen LogP) is 2.52. The molecule has 0 radical (unpaired) electrons. The fourth-order valence-corrected chi connectivity index (χ4v) is 1.13. The second-order valence-electron chi connectivity index (χ2n) is 2.59. The van der Waals surface area contributed by atoms with E-state index in [1.165, 1.54) is 0 Å². The van der Waals surface area contributed by atoms with Crippen molar-refractivity contribution >= 4 is 6.08 Å².